The van der Waals surface area contributed by atoms with E-state index in [-0.39, 0.29) is 12.8 Å². The Morgan fingerprint density at radius 1 is 1.19 bits per heavy atom. The monoisotopic (exact) mass is 384 g/mol. The minimum absolute atomic E-state index is 0.134. The minimum Gasteiger partial charge on any atom is -0.393 e. The van der Waals surface area contributed by atoms with Gasteiger partial charge in [-0.25, -0.2) is 0 Å². The highest BCUT2D eigenvalue weighted by atomic mass is 19.4. The van der Waals surface area contributed by atoms with Crippen LogP contribution in [0.5, 0.6) is 0 Å². The first-order valence-corrected chi connectivity index (χ1v) is 9.22. The van der Waals surface area contributed by atoms with Crippen molar-refractivity contribution in [3.8, 4) is 11.8 Å². The lowest BCUT2D eigenvalue weighted by Gasteiger charge is -2.20. The second kappa shape index (κ2) is 10.5. The number of hydrogen-bond donors (Lipinski definition) is 2. The van der Waals surface area contributed by atoms with Gasteiger partial charge in [0.25, 0.3) is 0 Å². The molecule has 0 spiro atoms. The molecule has 1 atom stereocenters. The molecule has 0 aliphatic carbocycles. The number of rotatable bonds is 9. The van der Waals surface area contributed by atoms with Gasteiger partial charge in [-0.3, -0.25) is 4.79 Å². The lowest BCUT2D eigenvalue weighted by atomic mass is 9.93. The molecule has 0 aliphatic heterocycles. The lowest BCUT2D eigenvalue weighted by molar-refractivity contribution is -0.171. The summed E-state index contributed by atoms with van der Waals surface area (Å²) in [7, 11) is 0. The van der Waals surface area contributed by atoms with E-state index in [9.17, 15) is 28.2 Å². The number of halogens is 3. The quantitative estimate of drug-likeness (QED) is 0.628. The minimum atomic E-state index is -4.86. The third-order valence-corrected chi connectivity index (χ3v) is 4.19. The smallest absolute Gasteiger partial charge is 0.393 e. The third kappa shape index (κ3) is 8.59. The van der Waals surface area contributed by atoms with Gasteiger partial charge >= 0.3 is 6.18 Å². The average molecular weight is 384 g/mol. The van der Waals surface area contributed by atoms with Crippen molar-refractivity contribution < 1.29 is 28.2 Å². The van der Waals surface area contributed by atoms with E-state index in [0.717, 1.165) is 12.8 Å². The summed E-state index contributed by atoms with van der Waals surface area (Å²) in [5.74, 6) is 4.05. The maximum absolute atomic E-state index is 12.2. The number of carbonyl (C=O) groups excluding carboxylic acids is 1. The molecule has 0 bridgehead atoms. The van der Waals surface area contributed by atoms with Crippen molar-refractivity contribution in [2.45, 2.75) is 76.7 Å². The van der Waals surface area contributed by atoms with Crippen LogP contribution in [0.1, 0.15) is 63.5 Å². The van der Waals surface area contributed by atoms with Gasteiger partial charge in [0.15, 0.2) is 0 Å². The molecule has 0 radical (unpaired) electrons. The Bertz CT molecular complexity index is 665. The molecule has 6 heteroatoms. The topological polar surface area (TPSA) is 57.5 Å². The van der Waals surface area contributed by atoms with E-state index in [2.05, 4.69) is 11.8 Å². The zero-order valence-electron chi connectivity index (χ0n) is 15.8. The molecule has 1 aromatic carbocycles. The van der Waals surface area contributed by atoms with Gasteiger partial charge in [-0.15, -0.1) is 0 Å². The third-order valence-electron chi connectivity index (χ3n) is 4.19. The van der Waals surface area contributed by atoms with Gasteiger partial charge in [0.05, 0.1) is 6.10 Å². The molecule has 27 heavy (non-hydrogen) atoms. The molecular weight excluding hydrogens is 357 g/mol. The van der Waals surface area contributed by atoms with E-state index >= 15 is 0 Å². The molecule has 0 aliphatic rings. The second-order valence-electron chi connectivity index (χ2n) is 6.80. The lowest BCUT2D eigenvalue weighted by Crippen LogP contribution is -2.25. The number of benzene rings is 1. The van der Waals surface area contributed by atoms with Crippen molar-refractivity contribution in [3.63, 3.8) is 0 Å². The van der Waals surface area contributed by atoms with E-state index in [1.807, 2.05) is 13.8 Å². The predicted octanol–water partition coefficient (Wildman–Crippen LogP) is 4.18. The van der Waals surface area contributed by atoms with Crippen molar-refractivity contribution in [1.29, 1.82) is 0 Å². The van der Waals surface area contributed by atoms with Gasteiger partial charge in [0, 0.05) is 12.0 Å². The zero-order valence-corrected chi connectivity index (χ0v) is 15.8. The summed E-state index contributed by atoms with van der Waals surface area (Å²) in [6.07, 6.45) is -3.96. The van der Waals surface area contributed by atoms with Gasteiger partial charge in [-0.2, -0.15) is 13.2 Å². The Morgan fingerprint density at radius 2 is 1.81 bits per heavy atom. The Balaban J connectivity index is 2.74. The number of carbonyl (C=O) groups is 1. The van der Waals surface area contributed by atoms with Crippen molar-refractivity contribution >= 4 is 5.78 Å². The summed E-state index contributed by atoms with van der Waals surface area (Å²) in [6.45, 7) is 3.96. The molecular formula is C21H27F3O3. The summed E-state index contributed by atoms with van der Waals surface area (Å²) >= 11 is 0. The van der Waals surface area contributed by atoms with Crippen molar-refractivity contribution in [2.75, 3.05) is 0 Å². The van der Waals surface area contributed by atoms with Crippen LogP contribution in [-0.4, -0.2) is 33.9 Å². The maximum atomic E-state index is 12.2. The summed E-state index contributed by atoms with van der Waals surface area (Å²) in [5.41, 5.74) is 0.344. The van der Waals surface area contributed by atoms with Crippen molar-refractivity contribution in [1.82, 2.24) is 0 Å². The number of aliphatic hydroxyl groups excluding tert-OH is 1. The van der Waals surface area contributed by atoms with Crippen LogP contribution in [0, 0.1) is 11.8 Å². The Hall–Kier alpha value is -1.84. The van der Waals surface area contributed by atoms with Gasteiger partial charge in [0.2, 0.25) is 5.78 Å². The first-order valence-electron chi connectivity index (χ1n) is 9.22. The molecule has 1 rings (SSSR count). The van der Waals surface area contributed by atoms with Gasteiger partial charge in [-0.05, 0) is 43.4 Å². The molecule has 2 N–H and O–H groups in total. The number of Topliss-reactive ketones (excluding diaryl/α,β-unsaturated/α-hetero) is 1. The van der Waals surface area contributed by atoms with Gasteiger partial charge < -0.3 is 10.2 Å². The van der Waals surface area contributed by atoms with Crippen LogP contribution in [0.25, 0.3) is 0 Å². The highest BCUT2D eigenvalue weighted by molar-refractivity contribution is 5.83. The van der Waals surface area contributed by atoms with Gasteiger partial charge in [0.1, 0.15) is 5.60 Å². The van der Waals surface area contributed by atoms with Crippen molar-refractivity contribution in [2.24, 2.45) is 0 Å². The van der Waals surface area contributed by atoms with Crippen LogP contribution in [0.2, 0.25) is 0 Å². The summed E-state index contributed by atoms with van der Waals surface area (Å²) in [4.78, 5) is 10.9. The Labute approximate surface area is 158 Å². The molecule has 0 heterocycles. The summed E-state index contributed by atoms with van der Waals surface area (Å²) in [6, 6.07) is 6.99. The average Bonchev–Trinajstić information content (AvgIpc) is 2.58. The second-order valence-corrected chi connectivity index (χ2v) is 6.80. The molecule has 0 amide bonds. The fraction of sp³-hybridized carbons (Fsp3) is 0.571. The fourth-order valence-electron chi connectivity index (χ4n) is 2.86. The van der Waals surface area contributed by atoms with Crippen LogP contribution in [-0.2, 0) is 11.2 Å². The number of ketones is 1. The largest absolute Gasteiger partial charge is 0.449 e. The molecule has 150 valence electrons. The Kier molecular flexibility index (Phi) is 9.01. The molecule has 1 unspecified atom stereocenters. The molecule has 0 aromatic heterocycles. The summed E-state index contributed by atoms with van der Waals surface area (Å²) in [5, 5.41) is 20.4. The number of aliphatic hydroxyl groups is 2. The zero-order chi connectivity index (χ0) is 20.5. The molecule has 0 saturated heterocycles. The molecule has 1 aromatic rings. The molecule has 0 fully saturated rings. The van der Waals surface area contributed by atoms with Crippen LogP contribution in [0.15, 0.2) is 24.3 Å². The van der Waals surface area contributed by atoms with E-state index in [1.54, 1.807) is 24.3 Å². The SMILES string of the molecule is CCCC(O)(C#Cc1cccc(CC(O)CCC(=O)C(F)(F)F)c1)CCC. The number of hydrogen-bond acceptors (Lipinski definition) is 3. The van der Waals surface area contributed by atoms with E-state index in [4.69, 9.17) is 0 Å². The standard InChI is InChI=1S/C21H27F3O3/c1-3-11-20(27,12-4-2)13-10-16-6-5-7-17(14-16)15-18(25)8-9-19(26)21(22,23)24/h5-7,14,18,25,27H,3-4,8-9,11-12,15H2,1-2H3. The molecule has 3 nitrogen and oxygen atoms in total. The van der Waals surface area contributed by atoms with Crippen LogP contribution < -0.4 is 0 Å². The molecule has 0 saturated carbocycles. The van der Waals surface area contributed by atoms with Crippen molar-refractivity contribution in [3.05, 3.63) is 35.4 Å². The van der Waals surface area contributed by atoms with Crippen LogP contribution >= 0.6 is 0 Å². The highest BCUT2D eigenvalue weighted by Crippen LogP contribution is 2.21. The normalized spacial score (nSPS) is 13.0. The Morgan fingerprint density at radius 3 is 2.37 bits per heavy atom. The first kappa shape index (κ1) is 23.2. The van der Waals surface area contributed by atoms with E-state index < -0.39 is 30.1 Å². The van der Waals surface area contributed by atoms with Gasteiger partial charge in [-0.1, -0.05) is 50.7 Å². The first-order chi connectivity index (χ1) is 12.6. The highest BCUT2D eigenvalue weighted by Gasteiger charge is 2.37. The summed E-state index contributed by atoms with van der Waals surface area (Å²) < 4.78 is 36.6. The van der Waals surface area contributed by atoms with E-state index in [1.165, 1.54) is 0 Å². The number of alkyl halides is 3. The predicted molar refractivity (Wildman–Crippen MR) is 98.1 cm³/mol. The van der Waals surface area contributed by atoms with Crippen LogP contribution in [0.3, 0.4) is 0 Å². The maximum Gasteiger partial charge on any atom is 0.449 e. The van der Waals surface area contributed by atoms with Crippen LogP contribution in [0.4, 0.5) is 13.2 Å². The fourth-order valence-corrected chi connectivity index (χ4v) is 2.86. The van der Waals surface area contributed by atoms with E-state index in [0.29, 0.717) is 24.0 Å².